The van der Waals surface area contributed by atoms with E-state index in [0.717, 1.165) is 57.4 Å². The SMILES string of the molecule is CC(C)OCC1CC(c2ccccc2)CCN1C(=O)[C@@H]1CNC[C@]12CCCc1nc(Cl)ccc12. The number of amides is 1. The number of likely N-dealkylation sites (tertiary alicyclic amines) is 1. The molecule has 4 atom stereocenters. The van der Waals surface area contributed by atoms with Gasteiger partial charge in [-0.3, -0.25) is 4.79 Å². The fraction of sp³-hybridized carbons (Fsp3) is 0.571. The number of hydrogen-bond acceptors (Lipinski definition) is 4. The Morgan fingerprint density at radius 3 is 2.88 bits per heavy atom. The van der Waals surface area contributed by atoms with Gasteiger partial charge < -0.3 is 15.0 Å². The van der Waals surface area contributed by atoms with E-state index in [9.17, 15) is 4.79 Å². The Morgan fingerprint density at radius 1 is 1.26 bits per heavy atom. The van der Waals surface area contributed by atoms with E-state index in [1.54, 1.807) is 0 Å². The second-order valence-electron chi connectivity index (χ2n) is 10.5. The summed E-state index contributed by atoms with van der Waals surface area (Å²) < 4.78 is 6.08. The summed E-state index contributed by atoms with van der Waals surface area (Å²) in [6.45, 7) is 7.05. The van der Waals surface area contributed by atoms with Gasteiger partial charge in [0.25, 0.3) is 0 Å². The first kappa shape index (κ1) is 23.8. The summed E-state index contributed by atoms with van der Waals surface area (Å²) in [6.07, 6.45) is 5.08. The molecule has 3 heterocycles. The van der Waals surface area contributed by atoms with Crippen molar-refractivity contribution >= 4 is 17.5 Å². The first-order valence-corrected chi connectivity index (χ1v) is 13.2. The van der Waals surface area contributed by atoms with Gasteiger partial charge in [0.1, 0.15) is 5.15 Å². The molecule has 5 nitrogen and oxygen atoms in total. The zero-order chi connectivity index (χ0) is 23.7. The second kappa shape index (κ2) is 9.96. The number of carbonyl (C=O) groups is 1. The quantitative estimate of drug-likeness (QED) is 0.627. The van der Waals surface area contributed by atoms with Crippen LogP contribution in [0.3, 0.4) is 0 Å². The molecule has 0 radical (unpaired) electrons. The summed E-state index contributed by atoms with van der Waals surface area (Å²) in [7, 11) is 0. The van der Waals surface area contributed by atoms with Crippen LogP contribution >= 0.6 is 11.6 Å². The van der Waals surface area contributed by atoms with Crippen molar-refractivity contribution in [1.82, 2.24) is 15.2 Å². The second-order valence-corrected chi connectivity index (χ2v) is 10.9. The normalized spacial score (nSPS) is 28.9. The van der Waals surface area contributed by atoms with Crippen LogP contribution in [0.4, 0.5) is 0 Å². The van der Waals surface area contributed by atoms with Gasteiger partial charge in [-0.2, -0.15) is 0 Å². The van der Waals surface area contributed by atoms with E-state index in [2.05, 4.69) is 65.4 Å². The molecule has 2 aliphatic heterocycles. The van der Waals surface area contributed by atoms with E-state index < -0.39 is 0 Å². The first-order chi connectivity index (χ1) is 16.5. The van der Waals surface area contributed by atoms with Gasteiger partial charge in [0.05, 0.1) is 24.7 Å². The number of carbonyl (C=O) groups excluding carboxylic acids is 1. The predicted molar refractivity (Wildman–Crippen MR) is 135 cm³/mol. The molecule has 1 aromatic heterocycles. The third-order valence-corrected chi connectivity index (χ3v) is 8.37. The molecule has 0 bridgehead atoms. The summed E-state index contributed by atoms with van der Waals surface area (Å²) in [5.74, 6) is 0.657. The molecule has 0 saturated carbocycles. The number of pyridine rings is 1. The average Bonchev–Trinajstić information content (AvgIpc) is 3.26. The standard InChI is InChI=1S/C28H36ClN3O2/c1-19(2)34-17-22-15-21(20-7-4-3-5-8-20)12-14-32(22)27(33)24-16-30-18-28(24)13-6-9-25-23(28)10-11-26(29)31-25/h3-5,7-8,10-11,19,21-22,24,30H,6,9,12-18H2,1-2H3/t21?,22?,24-,28-/m0/s1. The van der Waals surface area contributed by atoms with E-state index in [1.165, 1.54) is 11.1 Å². The fourth-order valence-electron chi connectivity index (χ4n) is 6.48. The van der Waals surface area contributed by atoms with Crippen molar-refractivity contribution < 1.29 is 9.53 Å². The highest BCUT2D eigenvalue weighted by Gasteiger charge is 2.52. The number of hydrogen-bond donors (Lipinski definition) is 1. The van der Waals surface area contributed by atoms with Crippen LogP contribution in [0.1, 0.15) is 62.3 Å². The molecule has 1 aliphatic carbocycles. The van der Waals surface area contributed by atoms with Gasteiger partial charge in [-0.25, -0.2) is 4.98 Å². The number of aromatic nitrogens is 1. The molecule has 182 valence electrons. The number of ether oxygens (including phenoxy) is 1. The zero-order valence-electron chi connectivity index (χ0n) is 20.3. The van der Waals surface area contributed by atoms with Crippen molar-refractivity contribution in [2.24, 2.45) is 5.92 Å². The van der Waals surface area contributed by atoms with Crippen LogP contribution in [0, 0.1) is 5.92 Å². The number of piperidine rings is 1. The Balaban J connectivity index is 1.41. The molecule has 6 heteroatoms. The van der Waals surface area contributed by atoms with E-state index in [-0.39, 0.29) is 29.4 Å². The lowest BCUT2D eigenvalue weighted by atomic mass is 9.65. The monoisotopic (exact) mass is 481 g/mol. The van der Waals surface area contributed by atoms with E-state index in [0.29, 0.717) is 17.7 Å². The Morgan fingerprint density at radius 2 is 2.09 bits per heavy atom. The van der Waals surface area contributed by atoms with Crippen molar-refractivity contribution in [2.45, 2.75) is 69.4 Å². The molecular weight excluding hydrogens is 446 g/mol. The van der Waals surface area contributed by atoms with Crippen molar-refractivity contribution in [3.63, 3.8) is 0 Å². The first-order valence-electron chi connectivity index (χ1n) is 12.8. The minimum absolute atomic E-state index is 0.0793. The lowest BCUT2D eigenvalue weighted by molar-refractivity contribution is -0.143. The summed E-state index contributed by atoms with van der Waals surface area (Å²) in [6, 6.07) is 14.8. The fourth-order valence-corrected chi connectivity index (χ4v) is 6.65. The number of benzene rings is 1. The van der Waals surface area contributed by atoms with Gasteiger partial charge in [0.15, 0.2) is 0 Å². The predicted octanol–water partition coefficient (Wildman–Crippen LogP) is 4.73. The molecule has 5 rings (SSSR count). The zero-order valence-corrected chi connectivity index (χ0v) is 21.1. The number of aryl methyl sites for hydroxylation is 1. The lowest BCUT2D eigenvalue weighted by Crippen LogP contribution is -2.54. The number of halogens is 1. The summed E-state index contributed by atoms with van der Waals surface area (Å²) in [4.78, 5) is 21.0. The molecule has 1 aromatic carbocycles. The highest BCUT2D eigenvalue weighted by Crippen LogP contribution is 2.46. The van der Waals surface area contributed by atoms with Gasteiger partial charge in [-0.1, -0.05) is 48.0 Å². The highest BCUT2D eigenvalue weighted by molar-refractivity contribution is 6.29. The lowest BCUT2D eigenvalue weighted by Gasteiger charge is -2.45. The molecule has 1 amide bonds. The van der Waals surface area contributed by atoms with Crippen LogP contribution in [0.2, 0.25) is 5.15 Å². The van der Waals surface area contributed by atoms with Crippen LogP contribution in [0.25, 0.3) is 0 Å². The molecule has 2 saturated heterocycles. The van der Waals surface area contributed by atoms with Crippen LogP contribution in [-0.2, 0) is 21.4 Å². The molecule has 3 aliphatic rings. The Labute approximate surface area is 208 Å². The number of fused-ring (bicyclic) bond motifs is 2. The Hall–Kier alpha value is -1.95. The maximum atomic E-state index is 14.2. The van der Waals surface area contributed by atoms with Crippen molar-refractivity contribution in [2.75, 3.05) is 26.2 Å². The van der Waals surface area contributed by atoms with E-state index in [4.69, 9.17) is 16.3 Å². The van der Waals surface area contributed by atoms with Gasteiger partial charge in [0, 0.05) is 30.7 Å². The smallest absolute Gasteiger partial charge is 0.228 e. The van der Waals surface area contributed by atoms with E-state index >= 15 is 0 Å². The van der Waals surface area contributed by atoms with Crippen LogP contribution in [0.15, 0.2) is 42.5 Å². The summed E-state index contributed by atoms with van der Waals surface area (Å²) in [5.41, 5.74) is 3.47. The van der Waals surface area contributed by atoms with Gasteiger partial charge in [0.2, 0.25) is 5.91 Å². The number of rotatable bonds is 5. The third-order valence-electron chi connectivity index (χ3n) is 8.16. The maximum absolute atomic E-state index is 14.2. The largest absolute Gasteiger partial charge is 0.377 e. The van der Waals surface area contributed by atoms with Crippen molar-refractivity contribution in [3.8, 4) is 0 Å². The van der Waals surface area contributed by atoms with Crippen LogP contribution < -0.4 is 5.32 Å². The number of nitrogens with one attached hydrogen (secondary N) is 1. The minimum atomic E-state index is -0.192. The molecule has 34 heavy (non-hydrogen) atoms. The topological polar surface area (TPSA) is 54.5 Å². The van der Waals surface area contributed by atoms with Gasteiger partial charge in [-0.05, 0) is 69.1 Å². The maximum Gasteiger partial charge on any atom is 0.228 e. The minimum Gasteiger partial charge on any atom is -0.377 e. The molecule has 2 aromatic rings. The summed E-state index contributed by atoms with van der Waals surface area (Å²) >= 11 is 6.22. The molecule has 1 N–H and O–H groups in total. The number of nitrogens with zero attached hydrogens (tertiary/aromatic N) is 2. The van der Waals surface area contributed by atoms with Crippen LogP contribution in [0.5, 0.6) is 0 Å². The average molecular weight is 482 g/mol. The van der Waals surface area contributed by atoms with Crippen molar-refractivity contribution in [1.29, 1.82) is 0 Å². The highest BCUT2D eigenvalue weighted by atomic mass is 35.5. The molecule has 1 spiro atoms. The Kier molecular flexibility index (Phi) is 6.97. The van der Waals surface area contributed by atoms with Gasteiger partial charge in [-0.15, -0.1) is 0 Å². The van der Waals surface area contributed by atoms with Crippen LogP contribution in [-0.4, -0.2) is 54.2 Å². The van der Waals surface area contributed by atoms with Gasteiger partial charge >= 0.3 is 0 Å². The van der Waals surface area contributed by atoms with E-state index in [1.807, 2.05) is 6.07 Å². The summed E-state index contributed by atoms with van der Waals surface area (Å²) in [5, 5.41) is 4.11. The third kappa shape index (κ3) is 4.50. The molecule has 2 fully saturated rings. The molecular formula is C28H36ClN3O2. The Bertz CT molecular complexity index is 1010. The van der Waals surface area contributed by atoms with Crippen molar-refractivity contribution in [3.05, 3.63) is 64.4 Å². The molecule has 2 unspecified atom stereocenters.